The molecule has 0 spiro atoms. The van der Waals surface area contributed by atoms with Gasteiger partial charge in [-0.2, -0.15) is 0 Å². The maximum atomic E-state index is 14.2. The average Bonchev–Trinajstić information content (AvgIpc) is 3.09. The van der Waals surface area contributed by atoms with Crippen LogP contribution in [0, 0.1) is 6.92 Å². The van der Waals surface area contributed by atoms with Crippen LogP contribution in [0.4, 0.5) is 21.8 Å². The molecule has 0 aromatic carbocycles. The number of anilines is 3. The number of fused-ring (bicyclic) bond motifs is 1. The number of nitrogens with one attached hydrogen (secondary N) is 3. The van der Waals surface area contributed by atoms with Crippen molar-refractivity contribution in [2.45, 2.75) is 33.1 Å². The normalized spacial score (nSPS) is 13.1. The van der Waals surface area contributed by atoms with Crippen molar-refractivity contribution in [2.24, 2.45) is 0 Å². The Morgan fingerprint density at radius 2 is 1.94 bits per heavy atom. The van der Waals surface area contributed by atoms with Crippen molar-refractivity contribution in [3.63, 3.8) is 0 Å². The number of aromatic carboxylic acids is 1. The molecule has 0 saturated carbocycles. The molecule has 0 saturated heterocycles. The SMILES string of the molecule is CC1=c2c(CCNc3cc(Nc4cc(C(=O)O)ccn4)ncn3)c(C)[nH]c2=C(F)CC1. The van der Waals surface area contributed by atoms with Crippen LogP contribution < -0.4 is 21.2 Å². The molecule has 0 aliphatic heterocycles. The molecule has 0 fully saturated rings. The molecule has 0 bridgehead atoms. The van der Waals surface area contributed by atoms with Crippen molar-refractivity contribution in [3.8, 4) is 0 Å². The van der Waals surface area contributed by atoms with Crippen LogP contribution in [0.1, 0.15) is 41.4 Å². The van der Waals surface area contributed by atoms with Gasteiger partial charge in [-0.1, -0.05) is 5.57 Å². The van der Waals surface area contributed by atoms with Gasteiger partial charge in [-0.05, 0) is 44.4 Å². The van der Waals surface area contributed by atoms with Crippen LogP contribution in [0.2, 0.25) is 0 Å². The lowest BCUT2D eigenvalue weighted by Gasteiger charge is -2.10. The zero-order chi connectivity index (χ0) is 22.0. The lowest BCUT2D eigenvalue weighted by molar-refractivity contribution is 0.0697. The third-order valence-electron chi connectivity index (χ3n) is 5.35. The monoisotopic (exact) mass is 422 g/mol. The predicted octanol–water partition coefficient (Wildman–Crippen LogP) is 2.65. The Morgan fingerprint density at radius 3 is 2.74 bits per heavy atom. The van der Waals surface area contributed by atoms with Crippen molar-refractivity contribution >= 4 is 34.8 Å². The van der Waals surface area contributed by atoms with E-state index in [1.807, 2.05) is 6.92 Å². The number of carboxylic acids is 1. The van der Waals surface area contributed by atoms with E-state index in [-0.39, 0.29) is 11.4 Å². The molecule has 1 aliphatic rings. The van der Waals surface area contributed by atoms with Gasteiger partial charge in [-0.15, -0.1) is 0 Å². The molecule has 4 rings (SSSR count). The van der Waals surface area contributed by atoms with E-state index in [2.05, 4.69) is 37.5 Å². The average molecular weight is 422 g/mol. The number of hydrogen-bond donors (Lipinski definition) is 4. The maximum Gasteiger partial charge on any atom is 0.335 e. The molecule has 0 amide bonds. The fourth-order valence-electron chi connectivity index (χ4n) is 3.80. The summed E-state index contributed by atoms with van der Waals surface area (Å²) in [4.78, 5) is 26.8. The molecular weight excluding hydrogens is 399 g/mol. The van der Waals surface area contributed by atoms with Crippen LogP contribution >= 0.6 is 0 Å². The molecule has 8 nitrogen and oxygen atoms in total. The molecule has 160 valence electrons. The van der Waals surface area contributed by atoms with Gasteiger partial charge in [0.05, 0.1) is 10.9 Å². The predicted molar refractivity (Wildman–Crippen MR) is 116 cm³/mol. The Kier molecular flexibility index (Phi) is 5.66. The van der Waals surface area contributed by atoms with Gasteiger partial charge >= 0.3 is 5.97 Å². The van der Waals surface area contributed by atoms with E-state index >= 15 is 0 Å². The zero-order valence-electron chi connectivity index (χ0n) is 17.3. The number of hydrogen-bond acceptors (Lipinski definition) is 6. The van der Waals surface area contributed by atoms with Gasteiger partial charge in [0.2, 0.25) is 0 Å². The number of nitrogens with zero attached hydrogens (tertiary/aromatic N) is 3. The lowest BCUT2D eigenvalue weighted by atomic mass is 10.00. The molecule has 31 heavy (non-hydrogen) atoms. The summed E-state index contributed by atoms with van der Waals surface area (Å²) in [5, 5.41) is 17.0. The quantitative estimate of drug-likeness (QED) is 0.463. The van der Waals surface area contributed by atoms with Gasteiger partial charge in [-0.25, -0.2) is 24.1 Å². The Bertz CT molecular complexity index is 1270. The Morgan fingerprint density at radius 1 is 1.16 bits per heavy atom. The Labute approximate surface area is 178 Å². The van der Waals surface area contributed by atoms with E-state index in [1.165, 1.54) is 30.2 Å². The third kappa shape index (κ3) is 4.40. The van der Waals surface area contributed by atoms with Crippen molar-refractivity contribution in [1.82, 2.24) is 19.9 Å². The number of H-pyrrole nitrogens is 1. The molecule has 3 heterocycles. The van der Waals surface area contributed by atoms with Crippen molar-refractivity contribution < 1.29 is 14.3 Å². The number of aromatic nitrogens is 4. The molecule has 4 N–H and O–H groups in total. The molecule has 3 aromatic rings. The minimum Gasteiger partial charge on any atom is -0.478 e. The van der Waals surface area contributed by atoms with E-state index in [9.17, 15) is 9.18 Å². The fraction of sp³-hybridized carbons (Fsp3) is 0.273. The Balaban J connectivity index is 1.46. The number of aryl methyl sites for hydroxylation is 1. The van der Waals surface area contributed by atoms with E-state index in [0.29, 0.717) is 35.8 Å². The third-order valence-corrected chi connectivity index (χ3v) is 5.35. The van der Waals surface area contributed by atoms with Gasteiger partial charge in [-0.3, -0.25) is 0 Å². The highest BCUT2D eigenvalue weighted by Crippen LogP contribution is 2.17. The van der Waals surface area contributed by atoms with Gasteiger partial charge < -0.3 is 20.7 Å². The van der Waals surface area contributed by atoms with E-state index in [0.717, 1.165) is 29.3 Å². The van der Waals surface area contributed by atoms with Gasteiger partial charge in [0.1, 0.15) is 29.6 Å². The number of rotatable bonds is 7. The fourth-order valence-corrected chi connectivity index (χ4v) is 3.80. The maximum absolute atomic E-state index is 14.2. The van der Waals surface area contributed by atoms with Gasteiger partial charge in [0.15, 0.2) is 0 Å². The summed E-state index contributed by atoms with van der Waals surface area (Å²) >= 11 is 0. The summed E-state index contributed by atoms with van der Waals surface area (Å²) in [7, 11) is 0. The number of pyridine rings is 1. The van der Waals surface area contributed by atoms with Crippen LogP contribution in [0.25, 0.3) is 11.4 Å². The summed E-state index contributed by atoms with van der Waals surface area (Å²) in [6, 6.07) is 4.58. The Hall–Kier alpha value is -3.75. The second kappa shape index (κ2) is 8.55. The standard InChI is InChI=1S/C22H23FN6O2/c1-12-3-4-16(23)21-20(12)15(13(2)28-21)6-8-24-17-10-19(27-11-26-17)29-18-9-14(22(30)31)5-7-25-18/h5,7,9-11,28H,3-4,6,8H2,1-2H3,(H,30,31)(H2,24,25,26,27,29). The van der Waals surface area contributed by atoms with Crippen LogP contribution in [-0.4, -0.2) is 37.6 Å². The largest absolute Gasteiger partial charge is 0.478 e. The van der Waals surface area contributed by atoms with Crippen molar-refractivity contribution in [3.05, 3.63) is 58.1 Å². The summed E-state index contributed by atoms with van der Waals surface area (Å²) in [6.07, 6.45) is 4.76. The highest BCUT2D eigenvalue weighted by Gasteiger charge is 2.15. The summed E-state index contributed by atoms with van der Waals surface area (Å²) in [6.45, 7) is 4.65. The minimum atomic E-state index is -1.03. The highest BCUT2D eigenvalue weighted by atomic mass is 19.1. The molecule has 3 aromatic heterocycles. The summed E-state index contributed by atoms with van der Waals surface area (Å²) in [5.74, 6) is 0.386. The summed E-state index contributed by atoms with van der Waals surface area (Å²) < 4.78 is 14.2. The van der Waals surface area contributed by atoms with Crippen LogP contribution in [0.5, 0.6) is 0 Å². The van der Waals surface area contributed by atoms with Gasteiger partial charge in [0.25, 0.3) is 0 Å². The molecule has 0 atom stereocenters. The topological polar surface area (TPSA) is 116 Å². The summed E-state index contributed by atoms with van der Waals surface area (Å²) in [5.41, 5.74) is 3.45. The first kappa shape index (κ1) is 20.5. The van der Waals surface area contributed by atoms with E-state index in [4.69, 9.17) is 5.11 Å². The number of halogens is 1. The van der Waals surface area contributed by atoms with Crippen molar-refractivity contribution in [2.75, 3.05) is 17.2 Å². The molecule has 0 unspecified atom stereocenters. The number of carbonyl (C=O) groups is 1. The molecule has 9 heteroatoms. The first-order valence-corrected chi connectivity index (χ1v) is 10.0. The van der Waals surface area contributed by atoms with Crippen molar-refractivity contribution in [1.29, 1.82) is 0 Å². The second-order valence-corrected chi connectivity index (χ2v) is 7.49. The number of aromatic amines is 1. The van der Waals surface area contributed by atoms with Crippen LogP contribution in [0.15, 0.2) is 30.7 Å². The molecule has 1 aliphatic carbocycles. The molecular formula is C22H23FN6O2. The molecule has 0 radical (unpaired) electrons. The van der Waals surface area contributed by atoms with Gasteiger partial charge in [0, 0.05) is 36.1 Å². The van der Waals surface area contributed by atoms with Crippen LogP contribution in [-0.2, 0) is 6.42 Å². The first-order valence-electron chi connectivity index (χ1n) is 10.0. The number of carboxylic acid groups (broad SMARTS) is 1. The van der Waals surface area contributed by atoms with E-state index < -0.39 is 5.97 Å². The smallest absolute Gasteiger partial charge is 0.335 e. The lowest BCUT2D eigenvalue weighted by Crippen LogP contribution is -2.32. The second-order valence-electron chi connectivity index (χ2n) is 7.49. The van der Waals surface area contributed by atoms with E-state index in [1.54, 1.807) is 6.07 Å². The highest BCUT2D eigenvalue weighted by molar-refractivity contribution is 5.88. The zero-order valence-corrected chi connectivity index (χ0v) is 17.3. The van der Waals surface area contributed by atoms with Crippen LogP contribution in [0.3, 0.4) is 0 Å². The first-order chi connectivity index (χ1) is 14.9. The minimum absolute atomic E-state index is 0.0741.